The van der Waals surface area contributed by atoms with Crippen LogP contribution in [0.25, 0.3) is 0 Å². The van der Waals surface area contributed by atoms with Gasteiger partial charge in [0.1, 0.15) is 5.54 Å². The Morgan fingerprint density at radius 1 is 1.83 bits per heavy atom. The number of nitrogens with two attached hydrogens (primary N) is 1. The molecule has 0 bridgehead atoms. The average molecular weight is 179 g/mol. The molecule has 12 heavy (non-hydrogen) atoms. The number of halogens is 2. The van der Waals surface area contributed by atoms with Gasteiger partial charge in [-0.2, -0.15) is 0 Å². The molecule has 1 aliphatic carbocycles. The maximum atomic E-state index is 11.8. The van der Waals surface area contributed by atoms with E-state index in [-0.39, 0.29) is 6.42 Å². The molecular formula is C7H11F2NO2. The van der Waals surface area contributed by atoms with E-state index in [1.54, 1.807) is 0 Å². The van der Waals surface area contributed by atoms with Crippen molar-refractivity contribution in [2.24, 2.45) is 11.7 Å². The zero-order valence-electron chi connectivity index (χ0n) is 6.72. The van der Waals surface area contributed by atoms with Gasteiger partial charge in [0.05, 0.1) is 7.11 Å². The quantitative estimate of drug-likeness (QED) is 0.643. The molecule has 0 aliphatic heterocycles. The van der Waals surface area contributed by atoms with Crippen molar-refractivity contribution >= 4 is 5.97 Å². The topological polar surface area (TPSA) is 52.3 Å². The lowest BCUT2D eigenvalue weighted by Gasteiger charge is -2.07. The summed E-state index contributed by atoms with van der Waals surface area (Å²) in [6.45, 7) is 0. The lowest BCUT2D eigenvalue weighted by molar-refractivity contribution is -0.143. The number of hydrogen-bond acceptors (Lipinski definition) is 3. The Bertz CT molecular complexity index is 198. The first-order chi connectivity index (χ1) is 5.50. The highest BCUT2D eigenvalue weighted by Crippen LogP contribution is 2.45. The summed E-state index contributed by atoms with van der Waals surface area (Å²) in [5, 5.41) is 0. The molecule has 5 heteroatoms. The predicted molar refractivity (Wildman–Crippen MR) is 37.7 cm³/mol. The summed E-state index contributed by atoms with van der Waals surface area (Å²) in [5.74, 6) is -1.00. The maximum Gasteiger partial charge on any atom is 0.326 e. The summed E-state index contributed by atoms with van der Waals surface area (Å²) in [7, 11) is 1.20. The van der Waals surface area contributed by atoms with E-state index in [2.05, 4.69) is 4.74 Å². The Kier molecular flexibility index (Phi) is 2.32. The molecule has 2 atom stereocenters. The summed E-state index contributed by atoms with van der Waals surface area (Å²) >= 11 is 0. The molecule has 0 saturated heterocycles. The fourth-order valence-electron chi connectivity index (χ4n) is 1.30. The fraction of sp³-hybridized carbons (Fsp3) is 0.857. The molecule has 0 amide bonds. The summed E-state index contributed by atoms with van der Waals surface area (Å²) in [4.78, 5) is 10.9. The third-order valence-corrected chi connectivity index (χ3v) is 2.18. The van der Waals surface area contributed by atoms with Crippen molar-refractivity contribution in [1.82, 2.24) is 0 Å². The zero-order valence-corrected chi connectivity index (χ0v) is 6.72. The Morgan fingerprint density at radius 2 is 2.42 bits per heavy atom. The number of carbonyl (C=O) groups is 1. The summed E-state index contributed by atoms with van der Waals surface area (Å²) in [5.41, 5.74) is 4.35. The Labute approximate surface area is 68.9 Å². The van der Waals surface area contributed by atoms with E-state index >= 15 is 0 Å². The van der Waals surface area contributed by atoms with Crippen molar-refractivity contribution in [3.8, 4) is 0 Å². The van der Waals surface area contributed by atoms with Gasteiger partial charge in [0.15, 0.2) is 0 Å². The van der Waals surface area contributed by atoms with Gasteiger partial charge in [0.2, 0.25) is 6.43 Å². The van der Waals surface area contributed by atoms with Crippen molar-refractivity contribution in [1.29, 1.82) is 0 Å². The average Bonchev–Trinajstić information content (AvgIpc) is 2.60. The highest BCUT2D eigenvalue weighted by Gasteiger charge is 2.58. The van der Waals surface area contributed by atoms with Gasteiger partial charge >= 0.3 is 5.97 Å². The zero-order chi connectivity index (χ0) is 9.35. The van der Waals surface area contributed by atoms with Gasteiger partial charge in [0, 0.05) is 6.42 Å². The van der Waals surface area contributed by atoms with Crippen molar-refractivity contribution in [3.05, 3.63) is 0 Å². The van der Waals surface area contributed by atoms with E-state index in [0.29, 0.717) is 6.42 Å². The molecule has 0 spiro atoms. The Morgan fingerprint density at radius 3 is 2.83 bits per heavy atom. The second-order valence-electron chi connectivity index (χ2n) is 3.06. The number of ether oxygens (including phenoxy) is 1. The van der Waals surface area contributed by atoms with Crippen molar-refractivity contribution in [3.63, 3.8) is 0 Å². The summed E-state index contributed by atoms with van der Waals surface area (Å²) < 4.78 is 28.0. The number of esters is 1. The van der Waals surface area contributed by atoms with Gasteiger partial charge in [0.25, 0.3) is 0 Å². The molecule has 0 aromatic rings. The minimum Gasteiger partial charge on any atom is -0.468 e. The molecule has 0 radical (unpaired) electrons. The highest BCUT2D eigenvalue weighted by atomic mass is 19.3. The fourth-order valence-corrected chi connectivity index (χ4v) is 1.30. The van der Waals surface area contributed by atoms with Crippen LogP contribution in [0.1, 0.15) is 12.8 Å². The standard InChI is InChI=1S/C7H11F2NO2/c1-12-6(11)7(10)3-4(7)2-5(8)9/h4-5H,2-3,10H2,1H3. The monoisotopic (exact) mass is 179 g/mol. The molecule has 70 valence electrons. The molecule has 0 aromatic carbocycles. The summed E-state index contributed by atoms with van der Waals surface area (Å²) in [6, 6.07) is 0. The minimum atomic E-state index is -2.40. The lowest BCUT2D eigenvalue weighted by Crippen LogP contribution is -2.36. The first kappa shape index (κ1) is 9.38. The van der Waals surface area contributed by atoms with E-state index in [1.807, 2.05) is 0 Å². The molecule has 0 aromatic heterocycles. The predicted octanol–water partition coefficient (Wildman–Crippen LogP) is 0.532. The minimum absolute atomic E-state index is 0.310. The normalized spacial score (nSPS) is 33.6. The lowest BCUT2D eigenvalue weighted by atomic mass is 10.2. The van der Waals surface area contributed by atoms with Crippen LogP contribution in [0.2, 0.25) is 0 Å². The number of rotatable bonds is 3. The van der Waals surface area contributed by atoms with E-state index < -0.39 is 23.9 Å². The second-order valence-corrected chi connectivity index (χ2v) is 3.06. The van der Waals surface area contributed by atoms with Crippen LogP contribution >= 0.6 is 0 Å². The van der Waals surface area contributed by atoms with Crippen molar-refractivity contribution in [2.45, 2.75) is 24.8 Å². The van der Waals surface area contributed by atoms with Crippen LogP contribution in [0.5, 0.6) is 0 Å². The van der Waals surface area contributed by atoms with Crippen LogP contribution in [0.3, 0.4) is 0 Å². The van der Waals surface area contributed by atoms with E-state index in [4.69, 9.17) is 5.73 Å². The maximum absolute atomic E-state index is 11.8. The smallest absolute Gasteiger partial charge is 0.326 e. The SMILES string of the molecule is COC(=O)C1(N)CC1CC(F)F. The second kappa shape index (κ2) is 2.97. The van der Waals surface area contributed by atoms with Gasteiger partial charge < -0.3 is 10.5 Å². The Balaban J connectivity index is 2.43. The van der Waals surface area contributed by atoms with Gasteiger partial charge in [-0.05, 0) is 12.3 Å². The molecule has 2 unspecified atom stereocenters. The number of hydrogen-bond donors (Lipinski definition) is 1. The number of carbonyl (C=O) groups excluding carboxylic acids is 1. The van der Waals surface area contributed by atoms with Crippen LogP contribution in [0.15, 0.2) is 0 Å². The third kappa shape index (κ3) is 1.55. The molecule has 1 saturated carbocycles. The van der Waals surface area contributed by atoms with E-state index in [1.165, 1.54) is 7.11 Å². The third-order valence-electron chi connectivity index (χ3n) is 2.18. The van der Waals surface area contributed by atoms with E-state index in [9.17, 15) is 13.6 Å². The van der Waals surface area contributed by atoms with Crippen LogP contribution < -0.4 is 5.73 Å². The molecule has 2 N–H and O–H groups in total. The number of methoxy groups -OCH3 is 1. The largest absolute Gasteiger partial charge is 0.468 e. The molecule has 1 rings (SSSR count). The first-order valence-electron chi connectivity index (χ1n) is 3.66. The van der Waals surface area contributed by atoms with Crippen LogP contribution in [0.4, 0.5) is 8.78 Å². The molecule has 0 heterocycles. The van der Waals surface area contributed by atoms with E-state index in [0.717, 1.165) is 0 Å². The molecule has 1 aliphatic rings. The first-order valence-corrected chi connectivity index (χ1v) is 3.66. The van der Waals surface area contributed by atoms with Crippen LogP contribution in [-0.2, 0) is 9.53 Å². The van der Waals surface area contributed by atoms with Crippen LogP contribution in [-0.4, -0.2) is 25.0 Å². The van der Waals surface area contributed by atoms with Crippen LogP contribution in [0, 0.1) is 5.92 Å². The molecule has 1 fully saturated rings. The summed E-state index contributed by atoms with van der Waals surface area (Å²) in [6.07, 6.45) is -2.40. The molecular weight excluding hydrogens is 168 g/mol. The van der Waals surface area contributed by atoms with Crippen molar-refractivity contribution in [2.75, 3.05) is 7.11 Å². The van der Waals surface area contributed by atoms with Gasteiger partial charge in [-0.3, -0.25) is 4.79 Å². The van der Waals surface area contributed by atoms with Crippen molar-refractivity contribution < 1.29 is 18.3 Å². The van der Waals surface area contributed by atoms with Gasteiger partial charge in [-0.15, -0.1) is 0 Å². The number of alkyl halides is 2. The Hall–Kier alpha value is -0.710. The highest BCUT2D eigenvalue weighted by molar-refractivity contribution is 5.84. The van der Waals surface area contributed by atoms with Gasteiger partial charge in [-0.25, -0.2) is 8.78 Å². The van der Waals surface area contributed by atoms with Gasteiger partial charge in [-0.1, -0.05) is 0 Å². The molecule has 3 nitrogen and oxygen atoms in total.